The van der Waals surface area contributed by atoms with E-state index >= 15 is 0 Å². The molecule has 29 heavy (non-hydrogen) atoms. The highest BCUT2D eigenvalue weighted by molar-refractivity contribution is 6.04. The molecule has 0 aliphatic heterocycles. The Bertz CT molecular complexity index is 1150. The van der Waals surface area contributed by atoms with Crippen molar-refractivity contribution in [3.8, 4) is 0 Å². The fraction of sp³-hybridized carbons (Fsp3) is 0.238. The van der Waals surface area contributed by atoms with E-state index < -0.39 is 11.5 Å². The molecule has 0 unspecified atom stereocenters. The number of carbonyl (C=O) groups is 2. The number of hydrogen-bond acceptors (Lipinski definition) is 4. The van der Waals surface area contributed by atoms with Crippen molar-refractivity contribution in [3.05, 3.63) is 76.0 Å². The van der Waals surface area contributed by atoms with Crippen molar-refractivity contribution in [2.45, 2.75) is 32.0 Å². The van der Waals surface area contributed by atoms with Gasteiger partial charge < -0.3 is 10.6 Å². The first-order chi connectivity index (χ1) is 13.9. The summed E-state index contributed by atoms with van der Waals surface area (Å²) in [5.74, 6) is -1.41. The maximum atomic E-state index is 13.2. The summed E-state index contributed by atoms with van der Waals surface area (Å²) < 4.78 is 14.1. The van der Waals surface area contributed by atoms with Crippen LogP contribution in [0, 0.1) is 5.82 Å². The topological polar surface area (TPSA) is 98.3 Å². The van der Waals surface area contributed by atoms with Gasteiger partial charge in [-0.05, 0) is 36.6 Å². The second kappa shape index (κ2) is 7.46. The summed E-state index contributed by atoms with van der Waals surface area (Å²) in [4.78, 5) is 39.2. The highest BCUT2D eigenvalue weighted by atomic mass is 19.1. The van der Waals surface area contributed by atoms with Gasteiger partial charge in [0.1, 0.15) is 12.4 Å². The first-order valence-electron chi connectivity index (χ1n) is 9.27. The zero-order valence-electron chi connectivity index (χ0n) is 15.5. The van der Waals surface area contributed by atoms with Crippen molar-refractivity contribution in [3.63, 3.8) is 0 Å². The summed E-state index contributed by atoms with van der Waals surface area (Å²) in [5, 5.41) is 4.69. The van der Waals surface area contributed by atoms with Gasteiger partial charge in [-0.25, -0.2) is 9.07 Å². The summed E-state index contributed by atoms with van der Waals surface area (Å²) in [6.07, 6.45) is 1.75. The maximum absolute atomic E-state index is 13.2. The zero-order chi connectivity index (χ0) is 20.5. The predicted octanol–water partition coefficient (Wildman–Crippen LogP) is 1.83. The van der Waals surface area contributed by atoms with Crippen LogP contribution >= 0.6 is 0 Å². The highest BCUT2D eigenvalue weighted by Crippen LogP contribution is 2.28. The number of fused-ring (bicyclic) bond motifs is 1. The number of halogens is 1. The molecule has 0 spiro atoms. The quantitative estimate of drug-likeness (QED) is 0.690. The highest BCUT2D eigenvalue weighted by Gasteiger charge is 2.33. The second-order valence-electron chi connectivity index (χ2n) is 7.10. The molecule has 7 nitrogen and oxygen atoms in total. The number of primary amides is 1. The van der Waals surface area contributed by atoms with E-state index in [1.54, 1.807) is 41.3 Å². The first-order valence-corrected chi connectivity index (χ1v) is 9.27. The van der Waals surface area contributed by atoms with E-state index in [4.69, 9.17) is 5.73 Å². The Morgan fingerprint density at radius 2 is 1.76 bits per heavy atom. The molecular weight excluding hydrogens is 375 g/mol. The average molecular weight is 394 g/mol. The van der Waals surface area contributed by atoms with Crippen LogP contribution in [0.15, 0.2) is 53.3 Å². The number of nitrogens with zero attached hydrogens (tertiary/aromatic N) is 3. The monoisotopic (exact) mass is 394 g/mol. The molecule has 1 aromatic heterocycles. The minimum atomic E-state index is -0.771. The van der Waals surface area contributed by atoms with Gasteiger partial charge in [0.15, 0.2) is 5.69 Å². The van der Waals surface area contributed by atoms with Crippen molar-refractivity contribution in [1.82, 2.24) is 14.7 Å². The molecule has 0 bridgehead atoms. The van der Waals surface area contributed by atoms with Crippen LogP contribution in [0.25, 0.3) is 10.8 Å². The normalized spacial score (nSPS) is 13.4. The fourth-order valence-corrected chi connectivity index (χ4v) is 3.34. The van der Waals surface area contributed by atoms with Gasteiger partial charge in [0.2, 0.25) is 5.91 Å². The molecular formula is C21H19FN4O3. The van der Waals surface area contributed by atoms with Gasteiger partial charge in [-0.15, -0.1) is 0 Å². The summed E-state index contributed by atoms with van der Waals surface area (Å²) in [5.41, 5.74) is 5.70. The molecule has 0 atom stereocenters. The number of carbonyl (C=O) groups excluding carboxylic acids is 2. The van der Waals surface area contributed by atoms with Gasteiger partial charge in [0.05, 0.1) is 5.39 Å². The van der Waals surface area contributed by atoms with Crippen LogP contribution in [-0.2, 0) is 17.9 Å². The van der Waals surface area contributed by atoms with E-state index in [9.17, 15) is 18.8 Å². The lowest BCUT2D eigenvalue weighted by Crippen LogP contribution is -2.39. The lowest BCUT2D eigenvalue weighted by atomic mass is 10.1. The zero-order valence-corrected chi connectivity index (χ0v) is 15.5. The van der Waals surface area contributed by atoms with Crippen LogP contribution in [0.5, 0.6) is 0 Å². The summed E-state index contributed by atoms with van der Waals surface area (Å²) >= 11 is 0. The van der Waals surface area contributed by atoms with Crippen LogP contribution in [0.1, 0.15) is 28.9 Å². The van der Waals surface area contributed by atoms with E-state index in [1.807, 2.05) is 0 Å². The van der Waals surface area contributed by atoms with Crippen molar-refractivity contribution in [1.29, 1.82) is 0 Å². The smallest absolute Gasteiger partial charge is 0.275 e. The molecule has 2 N–H and O–H groups in total. The lowest BCUT2D eigenvalue weighted by molar-refractivity contribution is -0.133. The van der Waals surface area contributed by atoms with Gasteiger partial charge in [0.25, 0.3) is 11.5 Å². The van der Waals surface area contributed by atoms with Gasteiger partial charge in [0, 0.05) is 18.0 Å². The molecule has 3 aromatic rings. The van der Waals surface area contributed by atoms with Crippen molar-refractivity contribution < 1.29 is 14.0 Å². The Morgan fingerprint density at radius 1 is 1.10 bits per heavy atom. The minimum Gasteiger partial charge on any atom is -0.364 e. The number of amides is 2. The van der Waals surface area contributed by atoms with E-state index in [0.29, 0.717) is 11.9 Å². The number of aromatic nitrogens is 2. The summed E-state index contributed by atoms with van der Waals surface area (Å²) in [6.45, 7) is 0.0103. The Labute approximate surface area is 165 Å². The van der Waals surface area contributed by atoms with E-state index in [2.05, 4.69) is 5.10 Å². The van der Waals surface area contributed by atoms with Gasteiger partial charge in [-0.1, -0.05) is 30.3 Å². The molecule has 1 saturated carbocycles. The summed E-state index contributed by atoms with van der Waals surface area (Å²) in [7, 11) is 0. The Balaban J connectivity index is 1.65. The SMILES string of the molecule is NC(=O)c1nn(CC(=O)N(Cc2ccc(F)cc2)C2CC2)c(=O)c2ccccc12. The van der Waals surface area contributed by atoms with Crippen LogP contribution in [0.2, 0.25) is 0 Å². The number of nitrogens with two attached hydrogens (primary N) is 1. The Hall–Kier alpha value is -3.55. The standard InChI is InChI=1S/C21H19FN4O3/c22-14-7-5-13(6-8-14)11-25(15-9-10-15)18(27)12-26-21(29)17-4-2-1-3-16(17)19(24-26)20(23)28/h1-8,15H,9-12H2,(H2,23,28). The van der Waals surface area contributed by atoms with E-state index in [1.165, 1.54) is 12.1 Å². The van der Waals surface area contributed by atoms with Crippen LogP contribution in [0.3, 0.4) is 0 Å². The fourth-order valence-electron chi connectivity index (χ4n) is 3.34. The van der Waals surface area contributed by atoms with Crippen LogP contribution in [-0.4, -0.2) is 32.5 Å². The second-order valence-corrected chi connectivity index (χ2v) is 7.10. The van der Waals surface area contributed by atoms with E-state index in [-0.39, 0.29) is 35.4 Å². The predicted molar refractivity (Wildman–Crippen MR) is 104 cm³/mol. The van der Waals surface area contributed by atoms with E-state index in [0.717, 1.165) is 23.1 Å². The van der Waals surface area contributed by atoms with Crippen molar-refractivity contribution in [2.75, 3.05) is 0 Å². The Kier molecular flexibility index (Phi) is 4.84. The molecule has 1 heterocycles. The minimum absolute atomic E-state index is 0.0514. The van der Waals surface area contributed by atoms with Crippen LogP contribution in [0.4, 0.5) is 4.39 Å². The molecule has 148 valence electrons. The maximum Gasteiger partial charge on any atom is 0.275 e. The van der Waals surface area contributed by atoms with Gasteiger partial charge >= 0.3 is 0 Å². The average Bonchev–Trinajstić information content (AvgIpc) is 3.54. The molecule has 2 amide bonds. The number of benzene rings is 2. The molecule has 2 aromatic carbocycles. The third-order valence-corrected chi connectivity index (χ3v) is 4.96. The number of rotatable bonds is 6. The van der Waals surface area contributed by atoms with Crippen LogP contribution < -0.4 is 11.3 Å². The molecule has 0 saturated heterocycles. The Morgan fingerprint density at radius 3 is 2.38 bits per heavy atom. The lowest BCUT2D eigenvalue weighted by Gasteiger charge is -2.23. The van der Waals surface area contributed by atoms with Gasteiger partial charge in [-0.2, -0.15) is 5.10 Å². The largest absolute Gasteiger partial charge is 0.364 e. The van der Waals surface area contributed by atoms with Gasteiger partial charge in [-0.3, -0.25) is 14.4 Å². The molecule has 4 rings (SSSR count). The third-order valence-electron chi connectivity index (χ3n) is 4.96. The van der Waals surface area contributed by atoms with Crippen molar-refractivity contribution >= 4 is 22.6 Å². The molecule has 0 radical (unpaired) electrons. The third kappa shape index (κ3) is 3.87. The molecule has 1 fully saturated rings. The molecule has 1 aliphatic carbocycles. The molecule has 8 heteroatoms. The first kappa shape index (κ1) is 18.8. The van der Waals surface area contributed by atoms with Crippen molar-refractivity contribution in [2.24, 2.45) is 5.73 Å². The summed E-state index contributed by atoms with van der Waals surface area (Å²) in [6, 6.07) is 12.6. The number of hydrogen-bond donors (Lipinski definition) is 1. The molecule has 1 aliphatic rings.